The predicted molar refractivity (Wildman–Crippen MR) is 129 cm³/mol. The average Bonchev–Trinajstić information content (AvgIpc) is 2.71. The summed E-state index contributed by atoms with van der Waals surface area (Å²) in [6, 6.07) is 14.9. The van der Waals surface area contributed by atoms with Gasteiger partial charge in [0.2, 0.25) is 0 Å². The van der Waals surface area contributed by atoms with Gasteiger partial charge in [-0.25, -0.2) is 4.99 Å². The van der Waals surface area contributed by atoms with Crippen molar-refractivity contribution in [3.8, 4) is 0 Å². The smallest absolute Gasteiger partial charge is 0.191 e. The van der Waals surface area contributed by atoms with Gasteiger partial charge in [-0.1, -0.05) is 42.5 Å². The van der Waals surface area contributed by atoms with Crippen LogP contribution in [0.4, 0.5) is 0 Å². The van der Waals surface area contributed by atoms with Crippen molar-refractivity contribution < 1.29 is 4.74 Å². The lowest BCUT2D eigenvalue weighted by Gasteiger charge is -2.41. The Morgan fingerprint density at radius 3 is 2.54 bits per heavy atom. The molecule has 0 aromatic heterocycles. The second-order valence-electron chi connectivity index (χ2n) is 7.60. The summed E-state index contributed by atoms with van der Waals surface area (Å²) < 4.78 is 5.48. The van der Waals surface area contributed by atoms with Crippen molar-refractivity contribution in [2.45, 2.75) is 32.9 Å². The highest BCUT2D eigenvalue weighted by Crippen LogP contribution is 2.19. The summed E-state index contributed by atoms with van der Waals surface area (Å²) in [6.45, 7) is 12.6. The molecule has 2 aromatic rings. The third-order valence-electron chi connectivity index (χ3n) is 5.19. The van der Waals surface area contributed by atoms with E-state index >= 15 is 0 Å². The number of benzene rings is 2. The molecule has 154 valence electrons. The maximum absolute atomic E-state index is 5.48. The highest BCUT2D eigenvalue weighted by atomic mass is 127. The molecule has 0 atom stereocenters. The molecular formula is C22H33IN4O. The summed E-state index contributed by atoms with van der Waals surface area (Å²) in [4.78, 5) is 7.32. The zero-order chi connectivity index (χ0) is 19.1. The van der Waals surface area contributed by atoms with Crippen LogP contribution in [-0.2, 0) is 11.3 Å². The fraction of sp³-hybridized carbons (Fsp3) is 0.500. The molecule has 0 unspecified atom stereocenters. The number of ether oxygens (including phenoxy) is 1. The van der Waals surface area contributed by atoms with Gasteiger partial charge in [-0.3, -0.25) is 4.90 Å². The summed E-state index contributed by atoms with van der Waals surface area (Å²) in [5.41, 5.74) is 1.30. The van der Waals surface area contributed by atoms with E-state index in [4.69, 9.17) is 9.73 Å². The molecule has 1 aliphatic heterocycles. The fourth-order valence-electron chi connectivity index (χ4n) is 3.52. The Balaban J connectivity index is 0.00000280. The van der Waals surface area contributed by atoms with Crippen LogP contribution in [0.2, 0.25) is 0 Å². The first-order valence-electron chi connectivity index (χ1n) is 9.92. The Morgan fingerprint density at radius 2 is 1.79 bits per heavy atom. The van der Waals surface area contributed by atoms with Gasteiger partial charge in [0.1, 0.15) is 0 Å². The number of fused-ring (bicyclic) bond motifs is 1. The Hall–Kier alpha value is -1.38. The molecule has 1 aliphatic rings. The van der Waals surface area contributed by atoms with Crippen LogP contribution in [0, 0.1) is 0 Å². The fourth-order valence-corrected chi connectivity index (χ4v) is 3.52. The molecule has 0 aliphatic carbocycles. The predicted octanol–water partition coefficient (Wildman–Crippen LogP) is 3.62. The van der Waals surface area contributed by atoms with E-state index in [0.29, 0.717) is 6.54 Å². The second kappa shape index (κ2) is 11.0. The van der Waals surface area contributed by atoms with Crippen LogP contribution < -0.4 is 10.6 Å². The van der Waals surface area contributed by atoms with Gasteiger partial charge in [0, 0.05) is 31.7 Å². The first-order chi connectivity index (χ1) is 13.1. The molecule has 0 spiro atoms. The van der Waals surface area contributed by atoms with Crippen LogP contribution in [-0.4, -0.2) is 55.8 Å². The number of morpholine rings is 1. The molecule has 6 heteroatoms. The quantitative estimate of drug-likeness (QED) is 0.365. The number of rotatable bonds is 6. The van der Waals surface area contributed by atoms with Crippen molar-refractivity contribution in [1.29, 1.82) is 0 Å². The summed E-state index contributed by atoms with van der Waals surface area (Å²) in [7, 11) is 0. The van der Waals surface area contributed by atoms with Crippen molar-refractivity contribution in [3.05, 3.63) is 48.0 Å². The second-order valence-corrected chi connectivity index (χ2v) is 7.60. The third kappa shape index (κ3) is 6.06. The van der Waals surface area contributed by atoms with Gasteiger partial charge in [0.25, 0.3) is 0 Å². The SMILES string of the molecule is CCNC(=NCc1cccc2ccccc12)NCC(C)(C)N1CCOCC1.I. The molecule has 3 rings (SSSR count). The lowest BCUT2D eigenvalue weighted by atomic mass is 10.0. The van der Waals surface area contributed by atoms with E-state index in [2.05, 4.69) is 78.8 Å². The molecule has 28 heavy (non-hydrogen) atoms. The van der Waals surface area contributed by atoms with Gasteiger partial charge in [-0.2, -0.15) is 0 Å². The molecule has 2 N–H and O–H groups in total. The normalized spacial score (nSPS) is 15.9. The van der Waals surface area contributed by atoms with Crippen LogP contribution >= 0.6 is 24.0 Å². The zero-order valence-electron chi connectivity index (χ0n) is 17.2. The molecule has 0 amide bonds. The number of aliphatic imine (C=N–C) groups is 1. The summed E-state index contributed by atoms with van der Waals surface area (Å²) in [5.74, 6) is 0.867. The van der Waals surface area contributed by atoms with E-state index in [-0.39, 0.29) is 29.5 Å². The van der Waals surface area contributed by atoms with E-state index in [1.807, 2.05) is 0 Å². The average molecular weight is 496 g/mol. The Labute approximate surface area is 185 Å². The van der Waals surface area contributed by atoms with Gasteiger partial charge in [-0.15, -0.1) is 24.0 Å². The van der Waals surface area contributed by atoms with Crippen LogP contribution in [0.15, 0.2) is 47.5 Å². The Kier molecular flexibility index (Phi) is 8.98. The number of nitrogens with one attached hydrogen (secondary N) is 2. The van der Waals surface area contributed by atoms with Crippen molar-refractivity contribution in [2.24, 2.45) is 4.99 Å². The lowest BCUT2D eigenvalue weighted by Crippen LogP contribution is -2.56. The zero-order valence-corrected chi connectivity index (χ0v) is 19.5. The monoisotopic (exact) mass is 496 g/mol. The highest BCUT2D eigenvalue weighted by Gasteiger charge is 2.28. The molecule has 0 saturated carbocycles. The molecule has 1 saturated heterocycles. The van der Waals surface area contributed by atoms with Crippen LogP contribution in [0.3, 0.4) is 0 Å². The Morgan fingerprint density at radius 1 is 1.07 bits per heavy atom. The molecule has 5 nitrogen and oxygen atoms in total. The summed E-state index contributed by atoms with van der Waals surface area (Å²) in [5, 5.41) is 9.44. The number of guanidine groups is 1. The van der Waals surface area contributed by atoms with Gasteiger partial charge in [0.05, 0.1) is 19.8 Å². The maximum atomic E-state index is 5.48. The van der Waals surface area contributed by atoms with Gasteiger partial charge < -0.3 is 15.4 Å². The number of halogens is 1. The molecular weight excluding hydrogens is 463 g/mol. The van der Waals surface area contributed by atoms with Crippen LogP contribution in [0.25, 0.3) is 10.8 Å². The highest BCUT2D eigenvalue weighted by molar-refractivity contribution is 14.0. The first-order valence-corrected chi connectivity index (χ1v) is 9.92. The van der Waals surface area contributed by atoms with Crippen molar-refractivity contribution in [1.82, 2.24) is 15.5 Å². The molecule has 0 radical (unpaired) electrons. The van der Waals surface area contributed by atoms with Crippen LogP contribution in [0.5, 0.6) is 0 Å². The van der Waals surface area contributed by atoms with Gasteiger partial charge in [-0.05, 0) is 37.1 Å². The van der Waals surface area contributed by atoms with E-state index in [9.17, 15) is 0 Å². The molecule has 1 fully saturated rings. The number of hydrogen-bond acceptors (Lipinski definition) is 3. The minimum Gasteiger partial charge on any atom is -0.379 e. The van der Waals surface area contributed by atoms with E-state index in [1.54, 1.807) is 0 Å². The maximum Gasteiger partial charge on any atom is 0.191 e. The largest absolute Gasteiger partial charge is 0.379 e. The number of hydrogen-bond donors (Lipinski definition) is 2. The van der Waals surface area contributed by atoms with Gasteiger partial charge >= 0.3 is 0 Å². The molecule has 1 heterocycles. The minimum absolute atomic E-state index is 0. The minimum atomic E-state index is 0. The molecule has 0 bridgehead atoms. The van der Waals surface area contributed by atoms with E-state index in [1.165, 1.54) is 16.3 Å². The first kappa shape index (κ1) is 22.9. The van der Waals surface area contributed by atoms with Gasteiger partial charge in [0.15, 0.2) is 5.96 Å². The van der Waals surface area contributed by atoms with E-state index in [0.717, 1.165) is 45.4 Å². The van der Waals surface area contributed by atoms with Crippen LogP contribution in [0.1, 0.15) is 26.3 Å². The Bertz CT molecular complexity index is 767. The lowest BCUT2D eigenvalue weighted by molar-refractivity contribution is -0.00834. The standard InChI is InChI=1S/C22H32N4O.HI/c1-4-23-21(25-17-22(2,3)26-12-14-27-15-13-26)24-16-19-10-7-9-18-8-5-6-11-20(18)19;/h5-11H,4,12-17H2,1-3H3,(H2,23,24,25);1H. The van der Waals surface area contributed by atoms with E-state index < -0.39 is 0 Å². The van der Waals surface area contributed by atoms with Crippen molar-refractivity contribution in [3.63, 3.8) is 0 Å². The van der Waals surface area contributed by atoms with Crippen molar-refractivity contribution >= 4 is 40.7 Å². The topological polar surface area (TPSA) is 48.9 Å². The molecule has 2 aromatic carbocycles. The number of nitrogens with zero attached hydrogens (tertiary/aromatic N) is 2. The third-order valence-corrected chi connectivity index (χ3v) is 5.19. The summed E-state index contributed by atoms with van der Waals surface area (Å²) >= 11 is 0. The van der Waals surface area contributed by atoms with Crippen molar-refractivity contribution in [2.75, 3.05) is 39.4 Å². The summed E-state index contributed by atoms with van der Waals surface area (Å²) in [6.07, 6.45) is 0.